The summed E-state index contributed by atoms with van der Waals surface area (Å²) >= 11 is 0. The molecule has 0 aliphatic heterocycles. The number of fused-ring (bicyclic) bond motifs is 3. The van der Waals surface area contributed by atoms with Gasteiger partial charge in [0.2, 0.25) is 0 Å². The predicted molar refractivity (Wildman–Crippen MR) is 370 cm³/mol. The lowest BCUT2D eigenvalue weighted by molar-refractivity contribution is 1.30. The van der Waals surface area contributed by atoms with Crippen molar-refractivity contribution in [3.8, 4) is 11.1 Å². The van der Waals surface area contributed by atoms with E-state index in [0.29, 0.717) is 0 Å². The lowest BCUT2D eigenvalue weighted by atomic mass is 10.0. The van der Waals surface area contributed by atoms with E-state index in [1.807, 2.05) is 0 Å². The molecule has 0 saturated carbocycles. The second kappa shape index (κ2) is 33.4. The van der Waals surface area contributed by atoms with Gasteiger partial charge in [-0.25, -0.2) is 0 Å². The van der Waals surface area contributed by atoms with E-state index >= 15 is 0 Å². The van der Waals surface area contributed by atoms with Gasteiger partial charge in [-0.1, -0.05) is 299 Å². The van der Waals surface area contributed by atoms with Gasteiger partial charge in [0.05, 0.1) is 0 Å². The van der Waals surface area contributed by atoms with Crippen LogP contribution < -0.4 is 0 Å². The molecule has 0 heterocycles. The highest BCUT2D eigenvalue weighted by Crippen LogP contribution is 2.23. The number of rotatable bonds is 1. The van der Waals surface area contributed by atoms with Crippen LogP contribution in [-0.2, 0) is 0 Å². The largest absolute Gasteiger partial charge is 0.0620 e. The molecule has 0 fully saturated rings. The average molecular weight is 1090 g/mol. The standard InChI is InChI=1S/C14H14.3C12H12.C9H12.3C8H10/c1-11-3-7-13(8-4-11)14-9-5-12(2)6-10-14;1-9-3-5-12-8-10(2)4-6-11(12)7-9;1-9-5-3-8-12-10(2)6-4-7-11(9)12;1-9-7-8-10(2)12-6-4-3-5-11(9)12;1-7-4-5-8(2)9(3)6-7;1-7-3-5-8(2)6-4-7;1-7-4-3-5-8(2)6-7;1-7-5-3-4-6-8(7)2/h3-10H,1-2H3;3*3-8H,1-2H3;4-6H,1-3H3;3*3-6H,1-2H3. The number of hydrogen-bond acceptors (Lipinski definition) is 0. The zero-order valence-corrected chi connectivity index (χ0v) is 53.2. The normalized spacial score (nSPS) is 9.99. The highest BCUT2D eigenvalue weighted by Gasteiger charge is 2.00. The zero-order valence-electron chi connectivity index (χ0n) is 53.2. The van der Waals surface area contributed by atoms with Crippen LogP contribution in [0.2, 0.25) is 0 Å². The van der Waals surface area contributed by atoms with Gasteiger partial charge >= 0.3 is 0 Å². The first kappa shape index (κ1) is 65.2. The van der Waals surface area contributed by atoms with Crippen molar-refractivity contribution in [2.24, 2.45) is 0 Å². The molecule has 0 aliphatic rings. The van der Waals surface area contributed by atoms with E-state index in [1.54, 1.807) is 0 Å². The molecule has 0 amide bonds. The van der Waals surface area contributed by atoms with Crippen molar-refractivity contribution in [1.82, 2.24) is 0 Å². The molecule has 0 N–H and O–H groups in total. The molecule has 0 atom stereocenters. The van der Waals surface area contributed by atoms with Crippen LogP contribution in [0, 0.1) is 118 Å². The van der Waals surface area contributed by atoms with E-state index in [9.17, 15) is 0 Å². The Balaban J connectivity index is 0.000000175. The van der Waals surface area contributed by atoms with Crippen molar-refractivity contribution in [2.75, 3.05) is 0 Å². The molecule has 0 unspecified atom stereocenters. The number of benzene rings is 12. The van der Waals surface area contributed by atoms with Crippen LogP contribution in [0.4, 0.5) is 0 Å². The first-order valence-electron chi connectivity index (χ1n) is 29.3. The van der Waals surface area contributed by atoms with Gasteiger partial charge in [0.1, 0.15) is 0 Å². The van der Waals surface area contributed by atoms with E-state index in [0.717, 1.165) is 0 Å². The molecule has 0 radical (unpaired) electrons. The second-order valence-electron chi connectivity index (χ2n) is 22.6. The highest BCUT2D eigenvalue weighted by atomic mass is 14.0. The van der Waals surface area contributed by atoms with Crippen molar-refractivity contribution >= 4 is 32.3 Å². The molecular weight excluding hydrogens is 997 g/mol. The third-order valence-electron chi connectivity index (χ3n) is 14.8. The quantitative estimate of drug-likeness (QED) is 0.154. The van der Waals surface area contributed by atoms with Crippen LogP contribution in [0.25, 0.3) is 43.4 Å². The van der Waals surface area contributed by atoms with E-state index < -0.39 is 0 Å². The molecule has 0 saturated heterocycles. The number of hydrogen-bond donors (Lipinski definition) is 0. The minimum atomic E-state index is 1.29. The SMILES string of the molecule is Cc1ccc(-c2ccc(C)cc2)cc1.Cc1ccc(C)c(C)c1.Cc1ccc(C)c2ccccc12.Cc1ccc(C)cc1.Cc1ccc2cc(C)ccc2c1.Cc1cccc(C)c1.Cc1cccc2c(C)cccc12.Cc1ccccc1C. The summed E-state index contributed by atoms with van der Waals surface area (Å²) in [7, 11) is 0. The summed E-state index contributed by atoms with van der Waals surface area (Å²) in [5, 5.41) is 8.16. The van der Waals surface area contributed by atoms with Gasteiger partial charge in [0, 0.05) is 0 Å². The number of aryl methyl sites for hydroxylation is 17. The third-order valence-corrected chi connectivity index (χ3v) is 14.8. The summed E-state index contributed by atoms with van der Waals surface area (Å²) in [6.07, 6.45) is 0. The van der Waals surface area contributed by atoms with Crippen molar-refractivity contribution in [2.45, 2.75) is 118 Å². The summed E-state index contributed by atoms with van der Waals surface area (Å²) in [6, 6.07) is 87.9. The fraction of sp³-hybridized carbons (Fsp3) is 0.205. The van der Waals surface area contributed by atoms with E-state index in [2.05, 4.69) is 366 Å². The Hall–Kier alpha value is -8.58. The van der Waals surface area contributed by atoms with Gasteiger partial charge in [0.15, 0.2) is 0 Å². The molecule has 12 aromatic carbocycles. The summed E-state index contributed by atoms with van der Waals surface area (Å²) in [4.78, 5) is 0. The Morgan fingerprint density at radius 1 is 0.145 bits per heavy atom. The van der Waals surface area contributed by atoms with Crippen molar-refractivity contribution in [3.05, 3.63) is 343 Å². The zero-order chi connectivity index (χ0) is 60.4. The molecule has 0 aromatic heterocycles. The van der Waals surface area contributed by atoms with Crippen molar-refractivity contribution < 1.29 is 0 Å². The summed E-state index contributed by atoms with van der Waals surface area (Å²) in [5.41, 5.74) is 25.4. The summed E-state index contributed by atoms with van der Waals surface area (Å²) in [6.45, 7) is 36.1. The molecule has 0 spiro atoms. The molecule has 12 aromatic rings. The average Bonchev–Trinajstić information content (AvgIpc) is 3.60. The summed E-state index contributed by atoms with van der Waals surface area (Å²) in [5.74, 6) is 0. The predicted octanol–water partition coefficient (Wildman–Crippen LogP) is 23.9. The first-order valence-corrected chi connectivity index (χ1v) is 29.3. The van der Waals surface area contributed by atoms with Gasteiger partial charge in [-0.05, 0) is 206 Å². The van der Waals surface area contributed by atoms with Gasteiger partial charge in [-0.2, -0.15) is 0 Å². The molecule has 0 nitrogen and oxygen atoms in total. The monoisotopic (exact) mass is 1090 g/mol. The Morgan fingerprint density at radius 2 is 0.386 bits per heavy atom. The second-order valence-corrected chi connectivity index (χ2v) is 22.6. The smallest absolute Gasteiger partial charge is 0.0152 e. The van der Waals surface area contributed by atoms with Gasteiger partial charge < -0.3 is 0 Å². The maximum Gasteiger partial charge on any atom is -0.0152 e. The van der Waals surface area contributed by atoms with E-state index in [4.69, 9.17) is 0 Å². The van der Waals surface area contributed by atoms with Crippen LogP contribution in [-0.4, -0.2) is 0 Å². The van der Waals surface area contributed by atoms with Crippen LogP contribution >= 0.6 is 0 Å². The molecule has 0 bridgehead atoms. The highest BCUT2D eigenvalue weighted by molar-refractivity contribution is 5.89. The van der Waals surface area contributed by atoms with Gasteiger partial charge in [-0.15, -0.1) is 0 Å². The Labute approximate surface area is 501 Å². The fourth-order valence-corrected chi connectivity index (χ4v) is 9.20. The minimum Gasteiger partial charge on any atom is -0.0620 e. The van der Waals surface area contributed by atoms with Gasteiger partial charge in [-0.3, -0.25) is 0 Å². The Bertz CT molecular complexity index is 3620. The molecule has 12 rings (SSSR count). The Kier molecular flexibility index (Phi) is 26.2. The lowest BCUT2D eigenvalue weighted by Gasteiger charge is -2.03. The minimum absolute atomic E-state index is 1.29. The Morgan fingerprint density at radius 3 is 0.711 bits per heavy atom. The van der Waals surface area contributed by atoms with Crippen molar-refractivity contribution in [1.29, 1.82) is 0 Å². The molecule has 83 heavy (non-hydrogen) atoms. The third kappa shape index (κ3) is 22.4. The molecule has 424 valence electrons. The summed E-state index contributed by atoms with van der Waals surface area (Å²) < 4.78 is 0. The molecule has 0 heteroatoms. The van der Waals surface area contributed by atoms with Crippen molar-refractivity contribution in [3.63, 3.8) is 0 Å². The van der Waals surface area contributed by atoms with E-state index in [-0.39, 0.29) is 0 Å². The van der Waals surface area contributed by atoms with Crippen LogP contribution in [0.3, 0.4) is 0 Å². The van der Waals surface area contributed by atoms with Crippen LogP contribution in [0.5, 0.6) is 0 Å². The maximum atomic E-state index is 2.22. The lowest BCUT2D eigenvalue weighted by Crippen LogP contribution is -1.80. The fourth-order valence-electron chi connectivity index (χ4n) is 9.20. The van der Waals surface area contributed by atoms with Crippen LogP contribution in [0.1, 0.15) is 94.6 Å². The maximum absolute atomic E-state index is 2.22. The topological polar surface area (TPSA) is 0 Å². The molecule has 0 aliphatic carbocycles. The van der Waals surface area contributed by atoms with E-state index in [1.165, 1.54) is 138 Å². The molecular formula is C83H92. The van der Waals surface area contributed by atoms with Crippen LogP contribution in [0.15, 0.2) is 249 Å². The first-order chi connectivity index (χ1) is 39.7. The van der Waals surface area contributed by atoms with Gasteiger partial charge in [0.25, 0.3) is 0 Å².